The molecule has 0 spiro atoms. The van der Waals surface area contributed by atoms with Gasteiger partial charge in [0.25, 0.3) is 5.56 Å². The van der Waals surface area contributed by atoms with E-state index in [2.05, 4.69) is 19.9 Å². The van der Waals surface area contributed by atoms with E-state index in [0.29, 0.717) is 11.3 Å². The van der Waals surface area contributed by atoms with Gasteiger partial charge in [-0.1, -0.05) is 12.1 Å². The standard InChI is InChI=1S/C20H23N5O/c1-14-21-10-7-19(22-14)24-11-8-16(9-12-24)13-25-15(2)23-18-6-4-3-5-17(18)20(25)26/h3-7,10,16H,8-9,11-13H2,1-2H3. The second-order valence-electron chi connectivity index (χ2n) is 6.98. The predicted molar refractivity (Wildman–Crippen MR) is 102 cm³/mol. The molecule has 1 aliphatic heterocycles. The normalized spacial score (nSPS) is 15.5. The molecule has 0 N–H and O–H groups in total. The number of fused-ring (bicyclic) bond motifs is 1. The van der Waals surface area contributed by atoms with Crippen molar-refractivity contribution in [2.75, 3.05) is 18.0 Å². The number of anilines is 1. The minimum absolute atomic E-state index is 0.0713. The molecular formula is C20H23N5O. The molecule has 3 heterocycles. The number of hydrogen-bond donors (Lipinski definition) is 0. The molecule has 134 valence electrons. The maximum absolute atomic E-state index is 12.8. The smallest absolute Gasteiger partial charge is 0.261 e. The Morgan fingerprint density at radius 1 is 1.08 bits per heavy atom. The molecule has 0 saturated carbocycles. The Kier molecular flexibility index (Phi) is 4.41. The minimum atomic E-state index is 0.0713. The number of aromatic nitrogens is 4. The summed E-state index contributed by atoms with van der Waals surface area (Å²) >= 11 is 0. The van der Waals surface area contributed by atoms with Crippen molar-refractivity contribution in [3.8, 4) is 0 Å². The van der Waals surface area contributed by atoms with Crippen LogP contribution in [0, 0.1) is 19.8 Å². The van der Waals surface area contributed by atoms with Crippen LogP contribution in [-0.2, 0) is 6.54 Å². The quantitative estimate of drug-likeness (QED) is 0.727. The molecule has 0 unspecified atom stereocenters. The number of para-hydroxylation sites is 1. The monoisotopic (exact) mass is 349 g/mol. The zero-order chi connectivity index (χ0) is 18.1. The van der Waals surface area contributed by atoms with E-state index in [1.165, 1.54) is 0 Å². The van der Waals surface area contributed by atoms with Crippen LogP contribution in [0.4, 0.5) is 5.82 Å². The van der Waals surface area contributed by atoms with E-state index in [1.54, 1.807) is 0 Å². The molecule has 1 aromatic carbocycles. The van der Waals surface area contributed by atoms with Gasteiger partial charge in [-0.2, -0.15) is 0 Å². The van der Waals surface area contributed by atoms with E-state index >= 15 is 0 Å². The second-order valence-corrected chi connectivity index (χ2v) is 6.98. The lowest BCUT2D eigenvalue weighted by Crippen LogP contribution is -2.37. The highest BCUT2D eigenvalue weighted by molar-refractivity contribution is 5.77. The van der Waals surface area contributed by atoms with Crippen LogP contribution in [0.5, 0.6) is 0 Å². The Morgan fingerprint density at radius 2 is 1.85 bits per heavy atom. The SMILES string of the molecule is Cc1nccc(N2CCC(Cn3c(C)nc4ccccc4c3=O)CC2)n1. The van der Waals surface area contributed by atoms with E-state index < -0.39 is 0 Å². The van der Waals surface area contributed by atoms with Crippen molar-refractivity contribution < 1.29 is 0 Å². The Hall–Kier alpha value is -2.76. The summed E-state index contributed by atoms with van der Waals surface area (Å²) in [6, 6.07) is 9.54. The number of rotatable bonds is 3. The van der Waals surface area contributed by atoms with E-state index in [0.717, 1.165) is 55.5 Å². The maximum atomic E-state index is 12.8. The Morgan fingerprint density at radius 3 is 2.62 bits per heavy atom. The fraction of sp³-hybridized carbons (Fsp3) is 0.400. The zero-order valence-electron chi connectivity index (χ0n) is 15.2. The van der Waals surface area contributed by atoms with Crippen molar-refractivity contribution in [3.63, 3.8) is 0 Å². The molecular weight excluding hydrogens is 326 g/mol. The number of aryl methyl sites for hydroxylation is 2. The fourth-order valence-corrected chi connectivity index (χ4v) is 3.72. The summed E-state index contributed by atoms with van der Waals surface area (Å²) in [7, 11) is 0. The highest BCUT2D eigenvalue weighted by atomic mass is 16.1. The zero-order valence-corrected chi connectivity index (χ0v) is 15.2. The van der Waals surface area contributed by atoms with Crippen LogP contribution in [0.3, 0.4) is 0 Å². The molecule has 6 nitrogen and oxygen atoms in total. The van der Waals surface area contributed by atoms with Crippen LogP contribution in [-0.4, -0.2) is 32.6 Å². The first-order chi connectivity index (χ1) is 12.6. The third kappa shape index (κ3) is 3.19. The van der Waals surface area contributed by atoms with E-state index in [4.69, 9.17) is 0 Å². The van der Waals surface area contributed by atoms with Gasteiger partial charge < -0.3 is 4.90 Å². The lowest BCUT2D eigenvalue weighted by molar-refractivity contribution is 0.348. The van der Waals surface area contributed by atoms with Gasteiger partial charge in [-0.05, 0) is 50.8 Å². The van der Waals surface area contributed by atoms with Gasteiger partial charge in [0.15, 0.2) is 0 Å². The lowest BCUT2D eigenvalue weighted by atomic mass is 9.96. The van der Waals surface area contributed by atoms with Crippen LogP contribution in [0.1, 0.15) is 24.5 Å². The number of piperidine rings is 1. The first-order valence-corrected chi connectivity index (χ1v) is 9.12. The first-order valence-electron chi connectivity index (χ1n) is 9.12. The minimum Gasteiger partial charge on any atom is -0.356 e. The van der Waals surface area contributed by atoms with Gasteiger partial charge in [-0.25, -0.2) is 15.0 Å². The molecule has 0 amide bonds. The number of nitrogens with zero attached hydrogens (tertiary/aromatic N) is 5. The summed E-state index contributed by atoms with van der Waals surface area (Å²) in [5.74, 6) is 3.07. The Labute approximate surface area is 152 Å². The Balaban J connectivity index is 1.50. The van der Waals surface area contributed by atoms with Gasteiger partial charge in [0, 0.05) is 25.8 Å². The molecule has 0 bridgehead atoms. The molecule has 0 radical (unpaired) electrons. The van der Waals surface area contributed by atoms with Crippen LogP contribution in [0.25, 0.3) is 10.9 Å². The number of benzene rings is 1. The molecule has 4 rings (SSSR count). The van der Waals surface area contributed by atoms with Crippen LogP contribution in [0.2, 0.25) is 0 Å². The summed E-state index contributed by atoms with van der Waals surface area (Å²) in [4.78, 5) is 28.4. The van der Waals surface area contributed by atoms with Gasteiger partial charge in [-0.15, -0.1) is 0 Å². The molecule has 0 atom stereocenters. The van der Waals surface area contributed by atoms with Crippen molar-refractivity contribution in [1.29, 1.82) is 0 Å². The van der Waals surface area contributed by atoms with E-state index in [9.17, 15) is 4.79 Å². The summed E-state index contributed by atoms with van der Waals surface area (Å²) < 4.78 is 1.84. The average Bonchev–Trinajstić information content (AvgIpc) is 2.66. The summed E-state index contributed by atoms with van der Waals surface area (Å²) in [5, 5.41) is 0.701. The van der Waals surface area contributed by atoms with E-state index in [-0.39, 0.29) is 5.56 Å². The van der Waals surface area contributed by atoms with Crippen LogP contribution < -0.4 is 10.5 Å². The van der Waals surface area contributed by atoms with Crippen molar-refractivity contribution in [1.82, 2.24) is 19.5 Å². The van der Waals surface area contributed by atoms with Gasteiger partial charge in [0.05, 0.1) is 10.9 Å². The van der Waals surface area contributed by atoms with Crippen molar-refractivity contribution in [2.24, 2.45) is 5.92 Å². The number of hydrogen-bond acceptors (Lipinski definition) is 5. The first kappa shape index (κ1) is 16.7. The highest BCUT2D eigenvalue weighted by Gasteiger charge is 2.22. The molecule has 26 heavy (non-hydrogen) atoms. The van der Waals surface area contributed by atoms with Gasteiger partial charge in [0.2, 0.25) is 0 Å². The molecule has 1 aliphatic rings. The van der Waals surface area contributed by atoms with Crippen molar-refractivity contribution >= 4 is 16.7 Å². The predicted octanol–water partition coefficient (Wildman–Crippen LogP) is 2.72. The van der Waals surface area contributed by atoms with Crippen molar-refractivity contribution in [2.45, 2.75) is 33.2 Å². The summed E-state index contributed by atoms with van der Waals surface area (Å²) in [6.07, 6.45) is 3.90. The third-order valence-electron chi connectivity index (χ3n) is 5.19. The van der Waals surface area contributed by atoms with Crippen LogP contribution in [0.15, 0.2) is 41.3 Å². The maximum Gasteiger partial charge on any atom is 0.261 e. The molecule has 0 aliphatic carbocycles. The lowest BCUT2D eigenvalue weighted by Gasteiger charge is -2.33. The van der Waals surface area contributed by atoms with Crippen molar-refractivity contribution in [3.05, 3.63) is 58.5 Å². The average molecular weight is 349 g/mol. The van der Waals surface area contributed by atoms with Gasteiger partial charge in [0.1, 0.15) is 17.5 Å². The van der Waals surface area contributed by atoms with Crippen LogP contribution >= 0.6 is 0 Å². The summed E-state index contributed by atoms with van der Waals surface area (Å²) in [6.45, 7) is 6.48. The van der Waals surface area contributed by atoms with Gasteiger partial charge >= 0.3 is 0 Å². The fourth-order valence-electron chi connectivity index (χ4n) is 3.72. The topological polar surface area (TPSA) is 63.9 Å². The van der Waals surface area contributed by atoms with Gasteiger partial charge in [-0.3, -0.25) is 9.36 Å². The largest absolute Gasteiger partial charge is 0.356 e. The second kappa shape index (κ2) is 6.86. The highest BCUT2D eigenvalue weighted by Crippen LogP contribution is 2.23. The molecule has 3 aromatic rings. The molecule has 2 aromatic heterocycles. The molecule has 1 saturated heterocycles. The van der Waals surface area contributed by atoms with E-state index in [1.807, 2.05) is 54.9 Å². The molecule has 1 fully saturated rings. The third-order valence-corrected chi connectivity index (χ3v) is 5.19. The molecule has 6 heteroatoms. The summed E-state index contributed by atoms with van der Waals surface area (Å²) in [5.41, 5.74) is 0.849. The Bertz CT molecular complexity index is 989.